The van der Waals surface area contributed by atoms with Gasteiger partial charge in [0.15, 0.2) is 6.23 Å². The topological polar surface area (TPSA) is 169 Å². The van der Waals surface area contributed by atoms with E-state index < -0.39 is 27.6 Å². The van der Waals surface area contributed by atoms with Crippen molar-refractivity contribution in [2.45, 2.75) is 48.8 Å². The average Bonchev–Trinajstić information content (AvgIpc) is 3.17. The molecule has 11 nitrogen and oxygen atoms in total. The standard InChI is InChI=1S/C20H22FN7O4S/c21-13-9-12(33(23,31)32)4-5-14(13)25-19-24-10-11-8-15-17(29)28(22)18(30)20(6-2-1-3-7-20)27(15)16(11)26-19/h4-5,8-10,17,29H,1-3,6-7,22H2,(H2,23,31,32)(H,24,25,26). The summed E-state index contributed by atoms with van der Waals surface area (Å²) in [5.41, 5.74) is -0.170. The number of amides is 1. The van der Waals surface area contributed by atoms with Crippen molar-refractivity contribution in [3.8, 4) is 0 Å². The van der Waals surface area contributed by atoms with Gasteiger partial charge in [-0.1, -0.05) is 19.3 Å². The molecule has 13 heteroatoms. The molecule has 0 bridgehead atoms. The van der Waals surface area contributed by atoms with Crippen LogP contribution < -0.4 is 16.3 Å². The minimum absolute atomic E-state index is 0.0359. The van der Waals surface area contributed by atoms with E-state index in [4.69, 9.17) is 11.0 Å². The lowest BCUT2D eigenvalue weighted by atomic mass is 9.79. The zero-order valence-electron chi connectivity index (χ0n) is 17.4. The molecule has 0 saturated heterocycles. The number of halogens is 1. The number of primary sulfonamides is 1. The van der Waals surface area contributed by atoms with Crippen molar-refractivity contribution >= 4 is 38.6 Å². The van der Waals surface area contributed by atoms with E-state index in [0.717, 1.165) is 30.3 Å². The Balaban J connectivity index is 1.61. The summed E-state index contributed by atoms with van der Waals surface area (Å²) < 4.78 is 39.1. The highest BCUT2D eigenvalue weighted by Crippen LogP contribution is 2.45. The maximum atomic E-state index is 14.5. The molecule has 1 spiro atoms. The van der Waals surface area contributed by atoms with Gasteiger partial charge in [0.2, 0.25) is 16.0 Å². The zero-order valence-corrected chi connectivity index (χ0v) is 18.2. The van der Waals surface area contributed by atoms with Gasteiger partial charge >= 0.3 is 0 Å². The molecule has 5 rings (SSSR count). The Morgan fingerprint density at radius 1 is 1.21 bits per heavy atom. The first-order chi connectivity index (χ1) is 15.6. The van der Waals surface area contributed by atoms with Gasteiger partial charge in [-0.3, -0.25) is 4.79 Å². The SMILES string of the molecule is NN1C(=O)C2(CCCCC2)n2c(cc3cnc(Nc4ccc(S(N)(=O)=O)cc4F)nc32)C1O. The van der Waals surface area contributed by atoms with Crippen molar-refractivity contribution in [1.29, 1.82) is 0 Å². The molecule has 2 aliphatic rings. The van der Waals surface area contributed by atoms with Gasteiger partial charge in [0, 0.05) is 11.6 Å². The number of fused-ring (bicyclic) bond motifs is 4. The van der Waals surface area contributed by atoms with Crippen LogP contribution in [0.3, 0.4) is 0 Å². The van der Waals surface area contributed by atoms with Gasteiger partial charge in [-0.2, -0.15) is 4.98 Å². The molecule has 1 saturated carbocycles. The molecule has 3 aromatic rings. The first-order valence-electron chi connectivity index (χ1n) is 10.4. The fraction of sp³-hybridized carbons (Fsp3) is 0.350. The van der Waals surface area contributed by atoms with Crippen molar-refractivity contribution in [1.82, 2.24) is 19.5 Å². The number of hydrogen-bond acceptors (Lipinski definition) is 8. The molecule has 1 aliphatic heterocycles. The van der Waals surface area contributed by atoms with Crippen LogP contribution in [0.5, 0.6) is 0 Å². The van der Waals surface area contributed by atoms with Crippen molar-refractivity contribution < 1.29 is 22.7 Å². The number of carbonyl (C=O) groups is 1. The molecule has 0 radical (unpaired) electrons. The molecule has 1 fully saturated rings. The lowest BCUT2D eigenvalue weighted by Gasteiger charge is -2.46. The minimum atomic E-state index is -4.05. The van der Waals surface area contributed by atoms with Crippen LogP contribution in [0.1, 0.15) is 44.0 Å². The van der Waals surface area contributed by atoms with Crippen LogP contribution >= 0.6 is 0 Å². The number of aromatic nitrogens is 3. The van der Waals surface area contributed by atoms with E-state index in [1.807, 2.05) is 0 Å². The lowest BCUT2D eigenvalue weighted by molar-refractivity contribution is -0.161. The van der Waals surface area contributed by atoms with Gasteiger partial charge in [-0.25, -0.2) is 33.8 Å². The largest absolute Gasteiger partial charge is 0.367 e. The second kappa shape index (κ2) is 7.45. The number of nitrogens with zero attached hydrogens (tertiary/aromatic N) is 4. The van der Waals surface area contributed by atoms with Crippen LogP contribution in [0.25, 0.3) is 11.0 Å². The van der Waals surface area contributed by atoms with E-state index in [0.29, 0.717) is 29.6 Å². The van der Waals surface area contributed by atoms with E-state index in [9.17, 15) is 22.7 Å². The molecule has 2 aromatic heterocycles. The number of aliphatic hydroxyl groups is 1. The molecule has 6 N–H and O–H groups in total. The average molecular weight is 476 g/mol. The maximum Gasteiger partial charge on any atom is 0.265 e. The Labute approximate surface area is 188 Å². The summed E-state index contributed by atoms with van der Waals surface area (Å²) in [6.07, 6.45) is 3.92. The number of rotatable bonds is 3. The minimum Gasteiger partial charge on any atom is -0.367 e. The van der Waals surface area contributed by atoms with Crippen LogP contribution in [0.15, 0.2) is 35.4 Å². The van der Waals surface area contributed by atoms with E-state index in [1.54, 1.807) is 10.6 Å². The fourth-order valence-electron chi connectivity index (χ4n) is 4.77. The second-order valence-corrected chi connectivity index (χ2v) is 9.93. The Morgan fingerprint density at radius 2 is 1.94 bits per heavy atom. The molecule has 1 amide bonds. The highest BCUT2D eigenvalue weighted by atomic mass is 32.2. The molecule has 1 atom stereocenters. The molecular formula is C20H22FN7O4S. The summed E-state index contributed by atoms with van der Waals surface area (Å²) in [6.45, 7) is 0. The Bertz CT molecular complexity index is 1380. The number of anilines is 2. The van der Waals surface area contributed by atoms with E-state index >= 15 is 0 Å². The van der Waals surface area contributed by atoms with Gasteiger partial charge in [0.1, 0.15) is 17.0 Å². The molecule has 1 unspecified atom stereocenters. The van der Waals surface area contributed by atoms with E-state index in [1.165, 1.54) is 18.3 Å². The smallest absolute Gasteiger partial charge is 0.265 e. The number of benzene rings is 1. The van der Waals surface area contributed by atoms with Crippen molar-refractivity contribution in [3.05, 3.63) is 42.0 Å². The summed E-state index contributed by atoms with van der Waals surface area (Å²) in [7, 11) is -4.05. The van der Waals surface area contributed by atoms with Gasteiger partial charge in [-0.15, -0.1) is 0 Å². The highest BCUT2D eigenvalue weighted by Gasteiger charge is 2.51. The predicted octanol–water partition coefficient (Wildman–Crippen LogP) is 1.33. The molecule has 1 aliphatic carbocycles. The Hall–Kier alpha value is -3.13. The molecule has 33 heavy (non-hydrogen) atoms. The number of nitrogens with one attached hydrogen (secondary N) is 1. The second-order valence-electron chi connectivity index (χ2n) is 8.37. The van der Waals surface area contributed by atoms with Crippen molar-refractivity contribution in [2.75, 3.05) is 5.32 Å². The number of carbonyl (C=O) groups excluding carboxylic acids is 1. The summed E-state index contributed by atoms with van der Waals surface area (Å²) in [4.78, 5) is 21.5. The quantitative estimate of drug-likeness (QED) is 0.325. The van der Waals surface area contributed by atoms with Gasteiger partial charge in [0.25, 0.3) is 5.91 Å². The summed E-state index contributed by atoms with van der Waals surface area (Å²) in [5, 5.41) is 19.9. The number of aliphatic hydroxyl groups excluding tert-OH is 1. The van der Waals surface area contributed by atoms with Gasteiger partial charge in [-0.05, 0) is 37.1 Å². The Morgan fingerprint density at radius 3 is 2.61 bits per heavy atom. The lowest BCUT2D eigenvalue weighted by Crippen LogP contribution is -2.59. The summed E-state index contributed by atoms with van der Waals surface area (Å²) in [5.74, 6) is 4.74. The zero-order chi connectivity index (χ0) is 23.5. The normalized spacial score (nSPS) is 20.3. The first kappa shape index (κ1) is 21.7. The van der Waals surface area contributed by atoms with Gasteiger partial charge in [0.05, 0.1) is 16.3 Å². The van der Waals surface area contributed by atoms with Crippen LogP contribution in [-0.4, -0.2) is 39.0 Å². The van der Waals surface area contributed by atoms with Crippen LogP contribution in [0.2, 0.25) is 0 Å². The summed E-state index contributed by atoms with van der Waals surface area (Å²) >= 11 is 0. The van der Waals surface area contributed by atoms with Crippen LogP contribution in [-0.2, 0) is 20.4 Å². The number of hydrogen-bond donors (Lipinski definition) is 4. The third kappa shape index (κ3) is 3.35. The fourth-order valence-corrected chi connectivity index (χ4v) is 5.29. The van der Waals surface area contributed by atoms with Crippen molar-refractivity contribution in [3.63, 3.8) is 0 Å². The first-order valence-corrected chi connectivity index (χ1v) is 11.9. The van der Waals surface area contributed by atoms with Crippen LogP contribution in [0, 0.1) is 5.82 Å². The molecular weight excluding hydrogens is 453 g/mol. The third-order valence-corrected chi connectivity index (χ3v) is 7.27. The maximum absolute atomic E-state index is 14.5. The molecule has 174 valence electrons. The highest BCUT2D eigenvalue weighted by molar-refractivity contribution is 7.89. The summed E-state index contributed by atoms with van der Waals surface area (Å²) in [6, 6.07) is 4.88. The number of hydrazine groups is 1. The van der Waals surface area contributed by atoms with Gasteiger partial charge < -0.3 is 15.0 Å². The Kier molecular flexibility index (Phi) is 4.90. The van der Waals surface area contributed by atoms with E-state index in [-0.39, 0.29) is 22.4 Å². The van der Waals surface area contributed by atoms with Crippen LogP contribution in [0.4, 0.5) is 16.0 Å². The molecule has 1 aromatic carbocycles. The number of sulfonamides is 1. The van der Waals surface area contributed by atoms with E-state index in [2.05, 4.69) is 15.3 Å². The monoisotopic (exact) mass is 475 g/mol. The molecule has 3 heterocycles. The number of nitrogens with two attached hydrogens (primary N) is 2. The third-order valence-electron chi connectivity index (χ3n) is 6.35. The van der Waals surface area contributed by atoms with Crippen molar-refractivity contribution in [2.24, 2.45) is 11.0 Å². The predicted molar refractivity (Wildman–Crippen MR) is 116 cm³/mol.